The number of halogens is 1. The molecule has 0 spiro atoms. The zero-order chi connectivity index (χ0) is 10.9. The third-order valence-electron chi connectivity index (χ3n) is 1.01. The van der Waals surface area contributed by atoms with Gasteiger partial charge in [0, 0.05) is 0 Å². The van der Waals surface area contributed by atoms with Crippen molar-refractivity contribution in [2.45, 2.75) is 53.4 Å². The molecule has 1 N–H and O–H groups in total. The Bertz CT molecular complexity index is 90.1. The van der Waals surface area contributed by atoms with E-state index in [9.17, 15) is 0 Å². The molecule has 2 nitrogen and oxygen atoms in total. The van der Waals surface area contributed by atoms with Crippen LogP contribution in [0.4, 0.5) is 0 Å². The predicted octanol–water partition coefficient (Wildman–Crippen LogP) is 3.14. The minimum absolute atomic E-state index is 0. The minimum Gasteiger partial charge on any atom is -0.371 e. The average Bonchev–Trinajstić information content (AvgIpc) is 1.83. The first-order valence-electron chi connectivity index (χ1n) is 4.44. The molecular weight excluding hydrogens is 426 g/mol. The van der Waals surface area contributed by atoms with Crippen molar-refractivity contribution in [1.29, 1.82) is 0 Å². The second-order valence-electron chi connectivity index (χ2n) is 3.27. The fourth-order valence-corrected chi connectivity index (χ4v) is 0.712. The zero-order valence-corrected chi connectivity index (χ0v) is 14.6. The molecule has 0 aromatic carbocycles. The Morgan fingerprint density at radius 1 is 1.43 bits per heavy atom. The summed E-state index contributed by atoms with van der Waals surface area (Å²) in [6.45, 7) is 9.55. The maximum Gasteiger partial charge on any atom is 2.00 e. The number of ether oxygens (including phenoxy) is 1. The molecule has 4 heteroatoms. The van der Waals surface area contributed by atoms with Crippen LogP contribution < -0.4 is 0 Å². The molecule has 0 bridgehead atoms. The summed E-state index contributed by atoms with van der Waals surface area (Å²) in [5.74, 6) is 2.66. The Hall–Kier alpha value is 1.26. The smallest absolute Gasteiger partial charge is 0.371 e. The van der Waals surface area contributed by atoms with Crippen molar-refractivity contribution in [3.8, 4) is 0 Å². The van der Waals surface area contributed by atoms with Crippen molar-refractivity contribution in [1.82, 2.24) is 0 Å². The summed E-state index contributed by atoms with van der Waals surface area (Å²) in [4.78, 5) is 0. The van der Waals surface area contributed by atoms with Gasteiger partial charge in [-0.1, -0.05) is 0 Å². The van der Waals surface area contributed by atoms with E-state index in [1.54, 1.807) is 6.92 Å². The van der Waals surface area contributed by atoms with Crippen LogP contribution in [0.3, 0.4) is 0 Å². The monoisotopic (exact) mass is 446 g/mol. The van der Waals surface area contributed by atoms with E-state index in [1.165, 1.54) is 11.8 Å². The molecule has 0 aliphatic rings. The Kier molecular flexibility index (Phi) is 21.0. The zero-order valence-electron chi connectivity index (χ0n) is 9.67. The van der Waals surface area contributed by atoms with Gasteiger partial charge in [0.15, 0.2) is 0 Å². The summed E-state index contributed by atoms with van der Waals surface area (Å²) in [6.07, 6.45) is 0.123. The molecule has 0 saturated carbocycles. The van der Waals surface area contributed by atoms with Gasteiger partial charge in [-0.25, -0.2) is 5.88 Å². The molecule has 0 aromatic heterocycles. The average molecular weight is 447 g/mol. The number of aliphatic hydroxyl groups excluding tert-OH is 1. The van der Waals surface area contributed by atoms with Crippen LogP contribution in [-0.2, 0) is 4.74 Å². The maximum absolute atomic E-state index is 9.15. The van der Waals surface area contributed by atoms with Crippen LogP contribution in [0.1, 0.15) is 41.0 Å². The van der Waals surface area contributed by atoms with E-state index in [0.717, 1.165) is 0 Å². The molecule has 0 rings (SSSR count). The van der Waals surface area contributed by atoms with E-state index < -0.39 is 6.29 Å². The molecular formula is C10H21ClO2U. The van der Waals surface area contributed by atoms with Gasteiger partial charge in [0.25, 0.3) is 0 Å². The van der Waals surface area contributed by atoms with E-state index in [2.05, 4.69) is 0 Å². The van der Waals surface area contributed by atoms with E-state index in [1.807, 2.05) is 27.7 Å². The molecule has 0 heterocycles. The van der Waals surface area contributed by atoms with E-state index >= 15 is 0 Å². The molecule has 84 valence electrons. The summed E-state index contributed by atoms with van der Waals surface area (Å²) in [6, 6.07) is 0. The normalized spacial score (nSPS) is 11.8. The molecule has 14 heavy (non-hydrogen) atoms. The van der Waals surface area contributed by atoms with Crippen LogP contribution in [0.2, 0.25) is 0 Å². The molecule has 1 atom stereocenters. The quantitative estimate of drug-likeness (QED) is 0.531. The Morgan fingerprint density at radius 2 is 1.79 bits per heavy atom. The third kappa shape index (κ3) is 23.2. The van der Waals surface area contributed by atoms with Crippen LogP contribution in [-0.4, -0.2) is 17.5 Å². The van der Waals surface area contributed by atoms with Gasteiger partial charge in [0.05, 0.1) is 6.10 Å². The molecule has 0 aliphatic heterocycles. The van der Waals surface area contributed by atoms with Crippen molar-refractivity contribution in [3.63, 3.8) is 0 Å². The second-order valence-corrected chi connectivity index (χ2v) is 3.71. The van der Waals surface area contributed by atoms with Gasteiger partial charge in [0.2, 0.25) is 0 Å². The summed E-state index contributed by atoms with van der Waals surface area (Å²) >= 11 is 4.87. The Balaban J connectivity index is -0.000000267. The van der Waals surface area contributed by atoms with Crippen LogP contribution >= 0.6 is 11.6 Å². The van der Waals surface area contributed by atoms with Gasteiger partial charge in [-0.3, -0.25) is 0 Å². The number of hydrogen-bond acceptors (Lipinski definition) is 2. The largest absolute Gasteiger partial charge is 2.00 e. The van der Waals surface area contributed by atoms with Crippen LogP contribution in [0.15, 0.2) is 0 Å². The number of rotatable bonds is 4. The summed E-state index contributed by atoms with van der Waals surface area (Å²) in [5, 5.41) is 9.15. The van der Waals surface area contributed by atoms with E-state index in [4.69, 9.17) is 21.4 Å². The molecule has 1 unspecified atom stereocenters. The number of hydrogen-bond donors (Lipinski definition) is 1. The first kappa shape index (κ1) is 20.6. The van der Waals surface area contributed by atoms with Crippen LogP contribution in [0.25, 0.3) is 0 Å². The Labute approximate surface area is 117 Å². The van der Waals surface area contributed by atoms with Gasteiger partial charge in [-0.15, -0.1) is 6.42 Å². The van der Waals surface area contributed by atoms with Crippen molar-refractivity contribution in [2.75, 3.05) is 0 Å². The molecule has 0 fully saturated rings. The first-order valence-corrected chi connectivity index (χ1v) is 4.88. The fourth-order valence-electron chi connectivity index (χ4n) is 0.712. The SMILES string of the molecule is C[C-](C)CC(O)OC(C)C.C[CH-]Cl.[U+2]. The van der Waals surface area contributed by atoms with Gasteiger partial charge in [-0.2, -0.15) is 20.8 Å². The molecule has 0 saturated heterocycles. The van der Waals surface area contributed by atoms with Crippen molar-refractivity contribution >= 4 is 11.6 Å². The van der Waals surface area contributed by atoms with E-state index in [0.29, 0.717) is 6.42 Å². The van der Waals surface area contributed by atoms with Crippen molar-refractivity contribution in [3.05, 3.63) is 11.8 Å². The summed E-state index contributed by atoms with van der Waals surface area (Å²) in [5.41, 5.74) is 0. The number of aliphatic hydroxyl groups is 1. The van der Waals surface area contributed by atoms with E-state index in [-0.39, 0.29) is 37.2 Å². The molecule has 0 aromatic rings. The standard InChI is InChI=1S/C8H17O2.C2H4Cl.U/c1-6(2)5-8(9)10-7(3)4;1-2-3;/h7-9H,5H2,1-4H3;2H,1H3;/q2*-1;+2. The van der Waals surface area contributed by atoms with Gasteiger partial charge in [-0.05, 0) is 13.8 Å². The Morgan fingerprint density at radius 3 is 2.00 bits per heavy atom. The molecule has 0 radical (unpaired) electrons. The maximum atomic E-state index is 9.15. The van der Waals surface area contributed by atoms with Crippen LogP contribution in [0, 0.1) is 42.9 Å². The first-order chi connectivity index (χ1) is 5.93. The second kappa shape index (κ2) is 14.3. The van der Waals surface area contributed by atoms with Gasteiger partial charge < -0.3 is 27.4 Å². The topological polar surface area (TPSA) is 29.5 Å². The molecule has 0 aliphatic carbocycles. The van der Waals surface area contributed by atoms with Crippen LogP contribution in [0.5, 0.6) is 0 Å². The third-order valence-corrected chi connectivity index (χ3v) is 1.01. The summed E-state index contributed by atoms with van der Waals surface area (Å²) in [7, 11) is 0. The fraction of sp³-hybridized carbons (Fsp3) is 0.800. The van der Waals surface area contributed by atoms with Crippen molar-refractivity contribution in [2.24, 2.45) is 0 Å². The van der Waals surface area contributed by atoms with Gasteiger partial charge in [0.1, 0.15) is 6.29 Å². The predicted molar refractivity (Wildman–Crippen MR) is 57.3 cm³/mol. The minimum atomic E-state index is -0.620. The van der Waals surface area contributed by atoms with Crippen molar-refractivity contribution < 1.29 is 41.0 Å². The molecule has 0 amide bonds. The van der Waals surface area contributed by atoms with Gasteiger partial charge >= 0.3 is 31.1 Å². The summed E-state index contributed by atoms with van der Waals surface area (Å²) < 4.78 is 5.10.